The van der Waals surface area contributed by atoms with Crippen LogP contribution in [0.1, 0.15) is 0 Å². The normalized spacial score (nSPS) is 11.6. The number of aromatic nitrogens is 2. The summed E-state index contributed by atoms with van der Waals surface area (Å²) in [6.45, 7) is 0. The molecular weight excluding hydrogens is 476 g/mol. The second kappa shape index (κ2) is 8.64. The molecule has 0 atom stereocenters. The number of benzene rings is 5. The van der Waals surface area contributed by atoms with Crippen molar-refractivity contribution < 1.29 is 4.42 Å². The predicted molar refractivity (Wildman–Crippen MR) is 161 cm³/mol. The van der Waals surface area contributed by atoms with Gasteiger partial charge in [-0.05, 0) is 46.5 Å². The molecule has 182 valence electrons. The lowest BCUT2D eigenvalue weighted by Gasteiger charge is -2.12. The zero-order chi connectivity index (χ0) is 25.8. The van der Waals surface area contributed by atoms with Gasteiger partial charge in [0.2, 0.25) is 0 Å². The van der Waals surface area contributed by atoms with Crippen molar-refractivity contribution in [2.75, 3.05) is 0 Å². The van der Waals surface area contributed by atoms with E-state index >= 15 is 0 Å². The van der Waals surface area contributed by atoms with Gasteiger partial charge in [-0.25, -0.2) is 0 Å². The molecule has 0 aliphatic carbocycles. The highest BCUT2D eigenvalue weighted by Crippen LogP contribution is 2.38. The number of hydrogen-bond donors (Lipinski definition) is 0. The van der Waals surface area contributed by atoms with Gasteiger partial charge in [-0.1, -0.05) is 97.1 Å². The molecule has 5 aromatic carbocycles. The Labute approximate surface area is 225 Å². The van der Waals surface area contributed by atoms with Crippen molar-refractivity contribution in [3.8, 4) is 33.4 Å². The number of furan rings is 1. The maximum Gasteiger partial charge on any atom is 0.143 e. The third kappa shape index (κ3) is 3.52. The summed E-state index contributed by atoms with van der Waals surface area (Å²) < 4.78 is 6.29. The lowest BCUT2D eigenvalue weighted by atomic mass is 9.94. The Kier molecular flexibility index (Phi) is 4.82. The average molecular weight is 499 g/mol. The molecule has 0 amide bonds. The lowest BCUT2D eigenvalue weighted by molar-refractivity contribution is 0.670. The van der Waals surface area contributed by atoms with Crippen LogP contribution in [-0.2, 0) is 0 Å². The third-order valence-electron chi connectivity index (χ3n) is 7.56. The van der Waals surface area contributed by atoms with Crippen LogP contribution < -0.4 is 0 Å². The van der Waals surface area contributed by atoms with Gasteiger partial charge < -0.3 is 4.42 Å². The average Bonchev–Trinajstić information content (AvgIpc) is 3.40. The molecule has 8 aromatic rings. The van der Waals surface area contributed by atoms with Crippen molar-refractivity contribution >= 4 is 43.7 Å². The first-order valence-electron chi connectivity index (χ1n) is 13.1. The van der Waals surface area contributed by atoms with Gasteiger partial charge in [0.1, 0.15) is 11.2 Å². The summed E-state index contributed by atoms with van der Waals surface area (Å²) >= 11 is 0. The number of pyridine rings is 2. The Morgan fingerprint density at radius 1 is 0.462 bits per heavy atom. The number of para-hydroxylation sites is 2. The maximum atomic E-state index is 6.29. The van der Waals surface area contributed by atoms with E-state index in [1.165, 1.54) is 0 Å². The van der Waals surface area contributed by atoms with Crippen molar-refractivity contribution in [1.82, 2.24) is 9.97 Å². The molecule has 0 spiro atoms. The third-order valence-corrected chi connectivity index (χ3v) is 7.56. The highest BCUT2D eigenvalue weighted by atomic mass is 16.3. The standard InChI is InChI=1S/C36H22N2O/c1-2-8-23(9-3-1)27-20-26-21-32(30-13-7-19-37-35(30)34(26)38-22-27)25-17-15-24(16-18-25)28-11-6-12-31-29-10-4-5-14-33(29)39-36(28)31/h1-22H. The minimum atomic E-state index is 0.912. The van der Waals surface area contributed by atoms with Crippen LogP contribution in [0, 0.1) is 0 Å². The van der Waals surface area contributed by atoms with Crippen LogP contribution in [0.2, 0.25) is 0 Å². The summed E-state index contributed by atoms with van der Waals surface area (Å²) in [6.07, 6.45) is 3.79. The molecule has 8 rings (SSSR count). The molecule has 0 N–H and O–H groups in total. The molecule has 3 nitrogen and oxygen atoms in total. The number of nitrogens with zero attached hydrogens (tertiary/aromatic N) is 2. The molecule has 0 saturated heterocycles. The Hall–Kier alpha value is -5.28. The van der Waals surface area contributed by atoms with Crippen molar-refractivity contribution in [2.24, 2.45) is 0 Å². The molecule has 39 heavy (non-hydrogen) atoms. The van der Waals surface area contributed by atoms with Crippen LogP contribution in [-0.4, -0.2) is 9.97 Å². The first kappa shape index (κ1) is 21.8. The Morgan fingerprint density at radius 3 is 2.08 bits per heavy atom. The topological polar surface area (TPSA) is 38.9 Å². The zero-order valence-electron chi connectivity index (χ0n) is 21.0. The molecule has 0 aliphatic rings. The predicted octanol–water partition coefficient (Wildman–Crippen LogP) is 9.68. The highest BCUT2D eigenvalue weighted by molar-refractivity contribution is 6.11. The van der Waals surface area contributed by atoms with E-state index < -0.39 is 0 Å². The van der Waals surface area contributed by atoms with Gasteiger partial charge in [0.05, 0.1) is 11.0 Å². The minimum Gasteiger partial charge on any atom is -0.455 e. The molecule has 3 heteroatoms. The molecule has 0 saturated carbocycles. The van der Waals surface area contributed by atoms with Crippen LogP contribution in [0.4, 0.5) is 0 Å². The fraction of sp³-hybridized carbons (Fsp3) is 0. The first-order chi connectivity index (χ1) is 19.3. The lowest BCUT2D eigenvalue weighted by Crippen LogP contribution is -1.90. The van der Waals surface area contributed by atoms with Crippen molar-refractivity contribution in [3.63, 3.8) is 0 Å². The Bertz CT molecular complexity index is 2160. The maximum absolute atomic E-state index is 6.29. The van der Waals surface area contributed by atoms with Gasteiger partial charge in [0.25, 0.3) is 0 Å². The molecule has 3 aromatic heterocycles. The van der Waals surface area contributed by atoms with Crippen molar-refractivity contribution in [2.45, 2.75) is 0 Å². The van der Waals surface area contributed by atoms with Crippen LogP contribution in [0.25, 0.3) is 77.1 Å². The quantitative estimate of drug-likeness (QED) is 0.228. The first-order valence-corrected chi connectivity index (χ1v) is 13.1. The summed E-state index contributed by atoms with van der Waals surface area (Å²) in [5.74, 6) is 0. The van der Waals surface area contributed by atoms with Gasteiger partial charge in [-0.3, -0.25) is 9.97 Å². The van der Waals surface area contributed by atoms with Gasteiger partial charge in [-0.2, -0.15) is 0 Å². The molecule has 0 fully saturated rings. The second-order valence-corrected chi connectivity index (χ2v) is 9.84. The van der Waals surface area contributed by atoms with Crippen LogP contribution in [0.5, 0.6) is 0 Å². The van der Waals surface area contributed by atoms with E-state index in [2.05, 4.69) is 97.1 Å². The second-order valence-electron chi connectivity index (χ2n) is 9.84. The van der Waals surface area contributed by atoms with E-state index in [9.17, 15) is 0 Å². The smallest absolute Gasteiger partial charge is 0.143 e. The Morgan fingerprint density at radius 2 is 1.21 bits per heavy atom. The van der Waals surface area contributed by atoms with E-state index in [4.69, 9.17) is 14.4 Å². The number of rotatable bonds is 3. The van der Waals surface area contributed by atoms with Crippen LogP contribution >= 0.6 is 0 Å². The van der Waals surface area contributed by atoms with Crippen LogP contribution in [0.3, 0.4) is 0 Å². The molecule has 3 heterocycles. The SMILES string of the molecule is c1ccc(-c2cnc3c(c2)cc(-c2ccc(-c4cccc5c4oc4ccccc45)cc2)c2cccnc23)cc1. The highest BCUT2D eigenvalue weighted by Gasteiger charge is 2.14. The van der Waals surface area contributed by atoms with E-state index in [1.54, 1.807) is 0 Å². The number of hydrogen-bond acceptors (Lipinski definition) is 3. The fourth-order valence-corrected chi connectivity index (χ4v) is 5.67. The summed E-state index contributed by atoms with van der Waals surface area (Å²) in [6, 6.07) is 42.3. The van der Waals surface area contributed by atoms with Crippen LogP contribution in [0.15, 0.2) is 138 Å². The fourth-order valence-electron chi connectivity index (χ4n) is 5.67. The monoisotopic (exact) mass is 498 g/mol. The number of fused-ring (bicyclic) bond motifs is 6. The van der Waals surface area contributed by atoms with Gasteiger partial charge in [-0.15, -0.1) is 0 Å². The van der Waals surface area contributed by atoms with Gasteiger partial charge in [0.15, 0.2) is 0 Å². The molecule has 0 radical (unpaired) electrons. The molecular formula is C36H22N2O. The zero-order valence-corrected chi connectivity index (χ0v) is 21.0. The molecule has 0 unspecified atom stereocenters. The van der Waals surface area contributed by atoms with E-state index in [0.29, 0.717) is 0 Å². The van der Waals surface area contributed by atoms with E-state index in [0.717, 1.165) is 77.1 Å². The summed E-state index contributed by atoms with van der Waals surface area (Å²) in [5, 5.41) is 4.45. The van der Waals surface area contributed by atoms with Crippen molar-refractivity contribution in [1.29, 1.82) is 0 Å². The minimum absolute atomic E-state index is 0.912. The largest absolute Gasteiger partial charge is 0.455 e. The van der Waals surface area contributed by atoms with E-state index in [-0.39, 0.29) is 0 Å². The summed E-state index contributed by atoms with van der Waals surface area (Å²) in [7, 11) is 0. The summed E-state index contributed by atoms with van der Waals surface area (Å²) in [4.78, 5) is 9.59. The summed E-state index contributed by atoms with van der Waals surface area (Å²) in [5.41, 5.74) is 10.4. The van der Waals surface area contributed by atoms with Gasteiger partial charge in [0, 0.05) is 45.1 Å². The van der Waals surface area contributed by atoms with Gasteiger partial charge >= 0.3 is 0 Å². The molecule has 0 bridgehead atoms. The van der Waals surface area contributed by atoms with Crippen molar-refractivity contribution in [3.05, 3.63) is 134 Å². The molecule has 0 aliphatic heterocycles. The Balaban J connectivity index is 1.28. The van der Waals surface area contributed by atoms with E-state index in [1.807, 2.05) is 36.7 Å².